The van der Waals surface area contributed by atoms with Crippen molar-refractivity contribution in [3.05, 3.63) is 35.9 Å². The molecule has 32 heavy (non-hydrogen) atoms. The molecule has 1 saturated heterocycles. The van der Waals surface area contributed by atoms with E-state index in [0.717, 1.165) is 5.56 Å². The maximum absolute atomic E-state index is 12.7. The van der Waals surface area contributed by atoms with E-state index in [0.29, 0.717) is 25.9 Å². The van der Waals surface area contributed by atoms with Gasteiger partial charge in [0.1, 0.15) is 17.7 Å². The zero-order chi connectivity index (χ0) is 23.9. The Morgan fingerprint density at radius 2 is 1.75 bits per heavy atom. The lowest BCUT2D eigenvalue weighted by Crippen LogP contribution is -2.43. The van der Waals surface area contributed by atoms with Gasteiger partial charge in [0.25, 0.3) is 0 Å². The van der Waals surface area contributed by atoms with E-state index in [9.17, 15) is 14.4 Å². The molecular formula is C24H36N2O6. The molecule has 0 aromatic heterocycles. The number of aliphatic carboxylic acids is 1. The van der Waals surface area contributed by atoms with Crippen LogP contribution in [0, 0.1) is 11.8 Å². The number of hydrogen-bond acceptors (Lipinski definition) is 6. The Hall–Kier alpha value is -2.61. The third kappa shape index (κ3) is 8.15. The maximum atomic E-state index is 12.7. The van der Waals surface area contributed by atoms with Crippen LogP contribution >= 0.6 is 0 Å². The molecule has 0 spiro atoms. The molecule has 1 heterocycles. The summed E-state index contributed by atoms with van der Waals surface area (Å²) in [6.07, 6.45) is 0.921. The second-order valence-electron chi connectivity index (χ2n) is 9.62. The van der Waals surface area contributed by atoms with Gasteiger partial charge in [-0.3, -0.25) is 9.59 Å². The first-order chi connectivity index (χ1) is 15.0. The molecule has 8 heteroatoms. The van der Waals surface area contributed by atoms with Crippen molar-refractivity contribution in [3.8, 4) is 0 Å². The highest BCUT2D eigenvalue weighted by molar-refractivity contribution is 5.73. The molecule has 2 unspecified atom stereocenters. The summed E-state index contributed by atoms with van der Waals surface area (Å²) in [5.74, 6) is -1.60. The number of carboxylic acid groups (broad SMARTS) is 1. The third-order valence-electron chi connectivity index (χ3n) is 5.49. The lowest BCUT2D eigenvalue weighted by Gasteiger charge is -2.36. The van der Waals surface area contributed by atoms with Crippen LogP contribution in [-0.4, -0.2) is 52.8 Å². The molecule has 0 saturated carbocycles. The molecular weight excluding hydrogens is 412 g/mol. The molecule has 0 radical (unpaired) electrons. The number of carbonyl (C=O) groups excluding carboxylic acids is 2. The van der Waals surface area contributed by atoms with Gasteiger partial charge in [-0.2, -0.15) is 0 Å². The van der Waals surface area contributed by atoms with Crippen LogP contribution in [0.15, 0.2) is 30.3 Å². The highest BCUT2D eigenvalue weighted by Crippen LogP contribution is 2.35. The second kappa shape index (κ2) is 11.3. The predicted molar refractivity (Wildman–Crippen MR) is 120 cm³/mol. The molecule has 1 amide bonds. The number of benzene rings is 1. The number of nitrogens with two attached hydrogens (primary N) is 1. The van der Waals surface area contributed by atoms with Crippen LogP contribution in [0.5, 0.6) is 0 Å². The van der Waals surface area contributed by atoms with Gasteiger partial charge >= 0.3 is 18.0 Å². The molecule has 1 aromatic carbocycles. The first-order valence-corrected chi connectivity index (χ1v) is 11.2. The molecule has 3 N–H and O–H groups in total. The first-order valence-electron chi connectivity index (χ1n) is 11.2. The average Bonchev–Trinajstić information content (AvgIpc) is 2.71. The fourth-order valence-corrected chi connectivity index (χ4v) is 3.88. The topological polar surface area (TPSA) is 119 Å². The van der Waals surface area contributed by atoms with E-state index in [-0.39, 0.29) is 36.7 Å². The summed E-state index contributed by atoms with van der Waals surface area (Å²) >= 11 is 0. The van der Waals surface area contributed by atoms with Crippen molar-refractivity contribution < 1.29 is 29.0 Å². The summed E-state index contributed by atoms with van der Waals surface area (Å²) in [6, 6.07) is 8.58. The fourth-order valence-electron chi connectivity index (χ4n) is 3.88. The van der Waals surface area contributed by atoms with E-state index >= 15 is 0 Å². The van der Waals surface area contributed by atoms with E-state index in [2.05, 4.69) is 0 Å². The zero-order valence-electron chi connectivity index (χ0n) is 19.5. The highest BCUT2D eigenvalue weighted by Gasteiger charge is 2.33. The minimum atomic E-state index is -1.08. The van der Waals surface area contributed by atoms with Crippen molar-refractivity contribution in [2.45, 2.75) is 71.1 Å². The van der Waals surface area contributed by atoms with Crippen LogP contribution in [0.4, 0.5) is 4.79 Å². The third-order valence-corrected chi connectivity index (χ3v) is 5.49. The van der Waals surface area contributed by atoms with Gasteiger partial charge in [0.15, 0.2) is 0 Å². The van der Waals surface area contributed by atoms with Crippen molar-refractivity contribution in [1.29, 1.82) is 0 Å². The molecule has 1 aliphatic heterocycles. The number of amides is 1. The lowest BCUT2D eigenvalue weighted by molar-refractivity contribution is -0.155. The summed E-state index contributed by atoms with van der Waals surface area (Å²) in [4.78, 5) is 37.7. The van der Waals surface area contributed by atoms with Crippen molar-refractivity contribution in [2.24, 2.45) is 17.6 Å². The monoisotopic (exact) mass is 448 g/mol. The molecule has 3 atom stereocenters. The Labute approximate surface area is 190 Å². The van der Waals surface area contributed by atoms with Crippen molar-refractivity contribution in [3.63, 3.8) is 0 Å². The number of carbonyl (C=O) groups is 3. The highest BCUT2D eigenvalue weighted by atomic mass is 16.6. The number of hydrogen-bond donors (Lipinski definition) is 2. The summed E-state index contributed by atoms with van der Waals surface area (Å²) in [5.41, 5.74) is 5.95. The number of likely N-dealkylation sites (tertiary alicyclic amines) is 1. The zero-order valence-corrected chi connectivity index (χ0v) is 19.5. The van der Waals surface area contributed by atoms with Crippen LogP contribution in [0.25, 0.3) is 0 Å². The molecule has 178 valence electrons. The summed E-state index contributed by atoms with van der Waals surface area (Å²) in [6.45, 7) is 8.38. The summed E-state index contributed by atoms with van der Waals surface area (Å²) < 4.78 is 11.4. The van der Waals surface area contributed by atoms with Crippen LogP contribution < -0.4 is 5.73 Å². The number of nitrogens with zero attached hydrogens (tertiary/aromatic N) is 1. The van der Waals surface area contributed by atoms with E-state index in [4.69, 9.17) is 20.3 Å². The van der Waals surface area contributed by atoms with Gasteiger partial charge in [0, 0.05) is 25.4 Å². The Balaban J connectivity index is 2.01. The van der Waals surface area contributed by atoms with Gasteiger partial charge < -0.3 is 25.2 Å². The van der Waals surface area contributed by atoms with Gasteiger partial charge in [-0.15, -0.1) is 0 Å². The fraction of sp³-hybridized carbons (Fsp3) is 0.625. The molecule has 1 fully saturated rings. The maximum Gasteiger partial charge on any atom is 0.410 e. The molecule has 0 bridgehead atoms. The van der Waals surface area contributed by atoms with Gasteiger partial charge in [0.2, 0.25) is 0 Å². The molecule has 8 nitrogen and oxygen atoms in total. The average molecular weight is 449 g/mol. The molecule has 0 aliphatic carbocycles. The normalized spacial score (nSPS) is 17.8. The van der Waals surface area contributed by atoms with Gasteiger partial charge in [-0.1, -0.05) is 37.3 Å². The van der Waals surface area contributed by atoms with Crippen LogP contribution in [0.2, 0.25) is 0 Å². The summed E-state index contributed by atoms with van der Waals surface area (Å²) in [7, 11) is 0. The van der Waals surface area contributed by atoms with Crippen molar-refractivity contribution in [2.75, 3.05) is 13.1 Å². The van der Waals surface area contributed by atoms with Crippen LogP contribution in [-0.2, 0) is 19.1 Å². The van der Waals surface area contributed by atoms with Crippen LogP contribution in [0.3, 0.4) is 0 Å². The Morgan fingerprint density at radius 3 is 2.28 bits per heavy atom. The SMILES string of the molecule is CC(CC(=O)OC(c1ccccc1)C1CCN(C(=O)OC(C)(C)C)CC1)C[C@H](N)C(=O)O. The minimum absolute atomic E-state index is 0.0663. The minimum Gasteiger partial charge on any atom is -0.480 e. The first kappa shape index (κ1) is 25.6. The van der Waals surface area contributed by atoms with Crippen molar-refractivity contribution >= 4 is 18.0 Å². The lowest BCUT2D eigenvalue weighted by atomic mass is 9.87. The number of ether oxygens (including phenoxy) is 2. The van der Waals surface area contributed by atoms with Crippen molar-refractivity contribution in [1.82, 2.24) is 4.90 Å². The standard InChI is InChI=1S/C24H36N2O6/c1-16(14-19(25)22(28)29)15-20(27)31-21(17-8-6-5-7-9-17)18-10-12-26(13-11-18)23(30)32-24(2,3)4/h5-9,16,18-19,21H,10-15,25H2,1-4H3,(H,28,29)/t16?,19-,21?/m0/s1. The quantitative estimate of drug-likeness (QED) is 0.581. The Bertz CT molecular complexity index is 768. The largest absolute Gasteiger partial charge is 0.480 e. The Kier molecular flexibility index (Phi) is 9.07. The van der Waals surface area contributed by atoms with Crippen LogP contribution in [0.1, 0.15) is 65.0 Å². The van der Waals surface area contributed by atoms with E-state index in [1.807, 2.05) is 51.1 Å². The number of esters is 1. The van der Waals surface area contributed by atoms with E-state index in [1.54, 1.807) is 11.8 Å². The predicted octanol–water partition coefficient (Wildman–Crippen LogP) is 3.75. The van der Waals surface area contributed by atoms with E-state index in [1.165, 1.54) is 0 Å². The smallest absolute Gasteiger partial charge is 0.410 e. The van der Waals surface area contributed by atoms with Gasteiger partial charge in [-0.25, -0.2) is 4.79 Å². The summed E-state index contributed by atoms with van der Waals surface area (Å²) in [5, 5.41) is 8.97. The Morgan fingerprint density at radius 1 is 1.16 bits per heavy atom. The second-order valence-corrected chi connectivity index (χ2v) is 9.62. The number of rotatable bonds is 8. The number of carboxylic acids is 1. The molecule has 2 rings (SSSR count). The molecule has 1 aliphatic rings. The number of piperidine rings is 1. The van der Waals surface area contributed by atoms with Gasteiger partial charge in [0.05, 0.1) is 0 Å². The van der Waals surface area contributed by atoms with Gasteiger partial charge in [-0.05, 0) is 51.5 Å². The van der Waals surface area contributed by atoms with E-state index < -0.39 is 23.7 Å². The molecule has 1 aromatic rings.